The van der Waals surface area contributed by atoms with E-state index in [0.717, 1.165) is 5.56 Å². The van der Waals surface area contributed by atoms with Gasteiger partial charge in [0.15, 0.2) is 0 Å². The molecule has 2 heterocycles. The van der Waals surface area contributed by atoms with Gasteiger partial charge in [-0.3, -0.25) is 14.3 Å². The molecule has 0 unspecified atom stereocenters. The Balaban J connectivity index is 1.76. The molecule has 0 aliphatic heterocycles. The standard InChI is InChI=1S/C18H18N4O3/c1-12-6-3-4-8-14(12)17(23)21-15-11-20-22(2)16(15)18(24)19-10-13-7-5-9-25-13/h3-9,11H,10H2,1-2H3,(H,19,24)(H,21,23). The number of hydrogen-bond donors (Lipinski definition) is 2. The summed E-state index contributed by atoms with van der Waals surface area (Å²) in [7, 11) is 1.64. The van der Waals surface area contributed by atoms with Crippen molar-refractivity contribution in [3.63, 3.8) is 0 Å². The van der Waals surface area contributed by atoms with Gasteiger partial charge in [-0.15, -0.1) is 0 Å². The van der Waals surface area contributed by atoms with Gasteiger partial charge in [0.25, 0.3) is 11.8 Å². The normalized spacial score (nSPS) is 10.5. The van der Waals surface area contributed by atoms with E-state index in [9.17, 15) is 9.59 Å². The lowest BCUT2D eigenvalue weighted by Gasteiger charge is -2.09. The van der Waals surface area contributed by atoms with Gasteiger partial charge in [0.05, 0.1) is 24.7 Å². The van der Waals surface area contributed by atoms with Crippen LogP contribution in [-0.4, -0.2) is 21.6 Å². The van der Waals surface area contributed by atoms with Gasteiger partial charge >= 0.3 is 0 Å². The van der Waals surface area contributed by atoms with Gasteiger partial charge in [0.1, 0.15) is 11.5 Å². The molecule has 3 rings (SSSR count). The predicted octanol–water partition coefficient (Wildman–Crippen LogP) is 2.50. The number of furan rings is 1. The van der Waals surface area contributed by atoms with Crippen molar-refractivity contribution in [3.05, 3.63) is 71.4 Å². The topological polar surface area (TPSA) is 89.2 Å². The van der Waals surface area contributed by atoms with Crippen molar-refractivity contribution in [3.8, 4) is 0 Å². The molecule has 7 nitrogen and oxygen atoms in total. The molecule has 0 fully saturated rings. The molecule has 0 bridgehead atoms. The molecule has 3 aromatic rings. The molecule has 0 aliphatic rings. The molecular weight excluding hydrogens is 320 g/mol. The number of aromatic nitrogens is 2. The summed E-state index contributed by atoms with van der Waals surface area (Å²) in [5.41, 5.74) is 2.03. The summed E-state index contributed by atoms with van der Waals surface area (Å²) in [5.74, 6) is 0.00341. The Morgan fingerprint density at radius 2 is 1.96 bits per heavy atom. The van der Waals surface area contributed by atoms with Crippen LogP contribution in [0.25, 0.3) is 0 Å². The molecule has 0 radical (unpaired) electrons. The van der Waals surface area contributed by atoms with Crippen LogP contribution in [0.2, 0.25) is 0 Å². The summed E-state index contributed by atoms with van der Waals surface area (Å²) in [4.78, 5) is 24.9. The maximum absolute atomic E-state index is 12.5. The monoisotopic (exact) mass is 338 g/mol. The van der Waals surface area contributed by atoms with Crippen molar-refractivity contribution in [1.82, 2.24) is 15.1 Å². The third kappa shape index (κ3) is 3.60. The lowest BCUT2D eigenvalue weighted by Crippen LogP contribution is -2.26. The summed E-state index contributed by atoms with van der Waals surface area (Å²) in [6.07, 6.45) is 3.00. The Morgan fingerprint density at radius 1 is 1.16 bits per heavy atom. The largest absolute Gasteiger partial charge is 0.467 e. The maximum Gasteiger partial charge on any atom is 0.272 e. The van der Waals surface area contributed by atoms with Gasteiger partial charge < -0.3 is 15.1 Å². The Labute approximate surface area is 144 Å². The molecule has 2 aromatic heterocycles. The smallest absolute Gasteiger partial charge is 0.272 e. The third-order valence-corrected chi connectivity index (χ3v) is 3.80. The zero-order chi connectivity index (χ0) is 17.8. The molecule has 0 saturated heterocycles. The molecule has 1 aromatic carbocycles. The summed E-state index contributed by atoms with van der Waals surface area (Å²) >= 11 is 0. The van der Waals surface area contributed by atoms with Gasteiger partial charge in [0, 0.05) is 12.6 Å². The minimum atomic E-state index is -0.350. The molecule has 0 atom stereocenters. The second-order valence-electron chi connectivity index (χ2n) is 5.56. The molecule has 0 saturated carbocycles. The van der Waals surface area contributed by atoms with Gasteiger partial charge in [-0.1, -0.05) is 18.2 Å². The van der Waals surface area contributed by atoms with Crippen LogP contribution >= 0.6 is 0 Å². The van der Waals surface area contributed by atoms with Crippen LogP contribution < -0.4 is 10.6 Å². The van der Waals surface area contributed by atoms with Crippen molar-refractivity contribution >= 4 is 17.5 Å². The van der Waals surface area contributed by atoms with E-state index in [1.165, 1.54) is 10.9 Å². The molecule has 2 N–H and O–H groups in total. The fourth-order valence-electron chi connectivity index (χ4n) is 2.48. The highest BCUT2D eigenvalue weighted by atomic mass is 16.3. The lowest BCUT2D eigenvalue weighted by atomic mass is 10.1. The van der Waals surface area contributed by atoms with Crippen molar-refractivity contribution in [1.29, 1.82) is 0 Å². The number of nitrogens with one attached hydrogen (secondary N) is 2. The predicted molar refractivity (Wildman–Crippen MR) is 92.2 cm³/mol. The minimum Gasteiger partial charge on any atom is -0.467 e. The van der Waals surface area contributed by atoms with Crippen molar-refractivity contribution in [2.75, 3.05) is 5.32 Å². The summed E-state index contributed by atoms with van der Waals surface area (Å²) < 4.78 is 6.61. The van der Waals surface area contributed by atoms with Crippen LogP contribution in [0, 0.1) is 6.92 Å². The first-order valence-corrected chi connectivity index (χ1v) is 7.76. The number of carbonyl (C=O) groups excluding carboxylic acids is 2. The van der Waals surface area contributed by atoms with Crippen molar-refractivity contribution in [2.24, 2.45) is 7.05 Å². The Hall–Kier alpha value is -3.35. The maximum atomic E-state index is 12.5. The van der Waals surface area contributed by atoms with E-state index < -0.39 is 0 Å². The van der Waals surface area contributed by atoms with Crippen LogP contribution in [0.1, 0.15) is 32.2 Å². The Bertz CT molecular complexity index is 897. The van der Waals surface area contributed by atoms with E-state index in [4.69, 9.17) is 4.42 Å². The van der Waals surface area contributed by atoms with Crippen LogP contribution in [-0.2, 0) is 13.6 Å². The lowest BCUT2D eigenvalue weighted by molar-refractivity contribution is 0.0939. The number of carbonyl (C=O) groups is 2. The molecular formula is C18H18N4O3. The third-order valence-electron chi connectivity index (χ3n) is 3.80. The van der Waals surface area contributed by atoms with Crippen molar-refractivity contribution < 1.29 is 14.0 Å². The fourth-order valence-corrected chi connectivity index (χ4v) is 2.48. The van der Waals surface area contributed by atoms with Crippen LogP contribution in [0.15, 0.2) is 53.3 Å². The van der Waals surface area contributed by atoms with E-state index in [1.54, 1.807) is 37.6 Å². The second-order valence-corrected chi connectivity index (χ2v) is 5.56. The van der Waals surface area contributed by atoms with Gasteiger partial charge in [-0.05, 0) is 30.7 Å². The Morgan fingerprint density at radius 3 is 2.68 bits per heavy atom. The number of amides is 2. The quantitative estimate of drug-likeness (QED) is 0.748. The van der Waals surface area contributed by atoms with Gasteiger partial charge in [0.2, 0.25) is 0 Å². The minimum absolute atomic E-state index is 0.252. The molecule has 0 spiro atoms. The van der Waals surface area contributed by atoms with Crippen LogP contribution in [0.3, 0.4) is 0 Å². The first-order valence-electron chi connectivity index (χ1n) is 7.76. The van der Waals surface area contributed by atoms with E-state index in [0.29, 0.717) is 17.0 Å². The van der Waals surface area contributed by atoms with E-state index in [2.05, 4.69) is 15.7 Å². The number of aryl methyl sites for hydroxylation is 2. The highest BCUT2D eigenvalue weighted by Gasteiger charge is 2.19. The first-order chi connectivity index (χ1) is 12.1. The number of nitrogens with zero attached hydrogens (tertiary/aromatic N) is 2. The summed E-state index contributed by atoms with van der Waals surface area (Å²) in [6.45, 7) is 2.11. The number of rotatable bonds is 5. The van der Waals surface area contributed by atoms with Crippen LogP contribution in [0.4, 0.5) is 5.69 Å². The van der Waals surface area contributed by atoms with Crippen molar-refractivity contribution in [2.45, 2.75) is 13.5 Å². The molecule has 128 valence electrons. The fraction of sp³-hybridized carbons (Fsp3) is 0.167. The van der Waals surface area contributed by atoms with Gasteiger partial charge in [-0.25, -0.2) is 0 Å². The summed E-state index contributed by atoms with van der Waals surface area (Å²) in [6, 6.07) is 10.8. The molecule has 7 heteroatoms. The molecule has 2 amide bonds. The zero-order valence-electron chi connectivity index (χ0n) is 13.9. The highest BCUT2D eigenvalue weighted by Crippen LogP contribution is 2.17. The average Bonchev–Trinajstić information content (AvgIpc) is 3.23. The molecule has 25 heavy (non-hydrogen) atoms. The SMILES string of the molecule is Cc1ccccc1C(=O)Nc1cnn(C)c1C(=O)NCc1ccco1. The van der Waals surface area contributed by atoms with Crippen LogP contribution in [0.5, 0.6) is 0 Å². The first kappa shape index (κ1) is 16.5. The van der Waals surface area contributed by atoms with Gasteiger partial charge in [-0.2, -0.15) is 5.10 Å². The average molecular weight is 338 g/mol. The second kappa shape index (κ2) is 7.04. The Kier molecular flexibility index (Phi) is 4.65. The number of benzene rings is 1. The van der Waals surface area contributed by atoms with E-state index >= 15 is 0 Å². The highest BCUT2D eigenvalue weighted by molar-refractivity contribution is 6.08. The van der Waals surface area contributed by atoms with E-state index in [1.807, 2.05) is 19.1 Å². The summed E-state index contributed by atoms with van der Waals surface area (Å²) in [5, 5.41) is 9.57. The molecule has 0 aliphatic carbocycles. The number of hydrogen-bond acceptors (Lipinski definition) is 4. The number of anilines is 1. The van der Waals surface area contributed by atoms with E-state index in [-0.39, 0.29) is 24.1 Å². The zero-order valence-corrected chi connectivity index (χ0v) is 13.9.